The summed E-state index contributed by atoms with van der Waals surface area (Å²) in [6.45, 7) is 5.86. The summed E-state index contributed by atoms with van der Waals surface area (Å²) in [5.74, 6) is 0.830. The molecule has 31 heavy (non-hydrogen) atoms. The third-order valence-electron chi connectivity index (χ3n) is 5.61. The molecular weight excluding hydrogens is 397 g/mol. The van der Waals surface area contributed by atoms with E-state index in [0.717, 1.165) is 39.3 Å². The zero-order valence-corrected chi connectivity index (χ0v) is 18.5. The van der Waals surface area contributed by atoms with Gasteiger partial charge in [-0.25, -0.2) is 0 Å². The number of hydrogen-bond donors (Lipinski definition) is 1. The van der Waals surface area contributed by atoms with Gasteiger partial charge in [-0.05, 0) is 73.7 Å². The maximum atomic E-state index is 14.3. The lowest BCUT2D eigenvalue weighted by Crippen LogP contribution is -2.33. The predicted octanol–water partition coefficient (Wildman–Crippen LogP) is 6.04. The summed E-state index contributed by atoms with van der Waals surface area (Å²) in [6, 6.07) is 8.55. The fourth-order valence-electron chi connectivity index (χ4n) is 4.12. The highest BCUT2D eigenvalue weighted by Gasteiger charge is 2.40. The predicted molar refractivity (Wildman–Crippen MR) is 121 cm³/mol. The molecule has 0 fully saturated rings. The van der Waals surface area contributed by atoms with Gasteiger partial charge in [-0.3, -0.25) is 13.4 Å². The van der Waals surface area contributed by atoms with Crippen molar-refractivity contribution in [2.24, 2.45) is 0 Å². The van der Waals surface area contributed by atoms with Gasteiger partial charge in [-0.1, -0.05) is 19.1 Å². The molecule has 4 nitrogen and oxygen atoms in total. The molecule has 1 aliphatic heterocycles. The van der Waals surface area contributed by atoms with Crippen LogP contribution in [0.25, 0.3) is 6.08 Å². The molecule has 1 aromatic carbocycles. The van der Waals surface area contributed by atoms with E-state index in [1.54, 1.807) is 25.3 Å². The molecule has 2 aromatic rings. The number of aryl methyl sites for hydroxylation is 2. The lowest BCUT2D eigenvalue weighted by molar-refractivity contribution is -0.119. The maximum absolute atomic E-state index is 14.3. The van der Waals surface area contributed by atoms with E-state index in [-0.39, 0.29) is 5.78 Å². The molecule has 3 rings (SSSR count). The molecule has 0 aliphatic carbocycles. The Hall–Kier alpha value is -2.83. The number of allylic oxidation sites excluding steroid dienone is 1. The maximum Gasteiger partial charge on any atom is 0.674 e. The Labute approximate surface area is 183 Å². The van der Waals surface area contributed by atoms with E-state index in [1.807, 2.05) is 45.0 Å². The molecule has 1 aliphatic rings. The molecule has 0 spiro atoms. The van der Waals surface area contributed by atoms with Crippen LogP contribution in [0, 0.1) is 13.8 Å². The molecule has 0 saturated heterocycles. The molecule has 2 heterocycles. The van der Waals surface area contributed by atoms with Crippen molar-refractivity contribution >= 4 is 19.3 Å². The molecule has 7 heteroatoms. The fourth-order valence-corrected chi connectivity index (χ4v) is 4.12. The van der Waals surface area contributed by atoms with Gasteiger partial charge in [0, 0.05) is 29.9 Å². The number of carbonyl (C=O) groups is 1. The van der Waals surface area contributed by atoms with Crippen LogP contribution in [-0.4, -0.2) is 30.1 Å². The summed E-state index contributed by atoms with van der Waals surface area (Å²) in [6.07, 6.45) is 5.71. The van der Waals surface area contributed by atoms with Gasteiger partial charge in [0.1, 0.15) is 11.5 Å². The lowest BCUT2D eigenvalue weighted by Gasteiger charge is -2.28. The van der Waals surface area contributed by atoms with Crippen molar-refractivity contribution in [2.45, 2.75) is 52.5 Å². The van der Waals surface area contributed by atoms with Crippen LogP contribution < -0.4 is 4.74 Å². The lowest BCUT2D eigenvalue weighted by atomic mass is 9.92. The third-order valence-corrected chi connectivity index (χ3v) is 5.61. The van der Waals surface area contributed by atoms with Crippen LogP contribution in [0.15, 0.2) is 47.7 Å². The molecule has 0 bridgehead atoms. The topological polar surface area (TPSA) is 45.3 Å². The summed E-state index contributed by atoms with van der Waals surface area (Å²) in [4.78, 5) is 16.5. The minimum absolute atomic E-state index is 0.161. The van der Waals surface area contributed by atoms with Crippen molar-refractivity contribution in [3.63, 3.8) is 0 Å². The standard InChI is InChI=1S/C24H29BF2N2O2/c1-5-6-21(30)10-7-19-14-20(15-23-16(2)13-17(3)28-23)29(25(26)27)24(19)18-8-11-22(31-4)12-9-18/h8-9,11-15,24,28H,5-7,10H2,1-4H3. The molecular formula is C24H29BF2N2O2. The van der Waals surface area contributed by atoms with Crippen molar-refractivity contribution < 1.29 is 18.2 Å². The molecule has 0 radical (unpaired) electrons. The van der Waals surface area contributed by atoms with E-state index in [4.69, 9.17) is 4.74 Å². The van der Waals surface area contributed by atoms with Crippen LogP contribution in [0.4, 0.5) is 8.63 Å². The zero-order valence-electron chi connectivity index (χ0n) is 18.5. The third kappa shape index (κ3) is 5.27. The molecule has 164 valence electrons. The summed E-state index contributed by atoms with van der Waals surface area (Å²) in [7, 11) is -1.11. The van der Waals surface area contributed by atoms with Crippen molar-refractivity contribution in [2.75, 3.05) is 7.11 Å². The summed E-state index contributed by atoms with van der Waals surface area (Å²) < 4.78 is 33.9. The number of benzene rings is 1. The molecule has 1 atom stereocenters. The number of aromatic nitrogens is 1. The van der Waals surface area contributed by atoms with Crippen molar-refractivity contribution in [3.8, 4) is 5.75 Å². The molecule has 1 aromatic heterocycles. The van der Waals surface area contributed by atoms with Crippen LogP contribution >= 0.6 is 0 Å². The van der Waals surface area contributed by atoms with Gasteiger partial charge < -0.3 is 14.5 Å². The minimum atomic E-state index is -2.69. The first-order chi connectivity index (χ1) is 14.8. The normalized spacial score (nSPS) is 17.2. The first-order valence-corrected chi connectivity index (χ1v) is 10.6. The molecule has 1 N–H and O–H groups in total. The van der Waals surface area contributed by atoms with Gasteiger partial charge in [0.05, 0.1) is 13.2 Å². The van der Waals surface area contributed by atoms with Crippen LogP contribution in [0.2, 0.25) is 0 Å². The summed E-state index contributed by atoms with van der Waals surface area (Å²) in [5, 5.41) is 0. The average Bonchev–Trinajstić information content (AvgIpc) is 3.25. The molecule has 0 amide bonds. The number of hydrogen-bond acceptors (Lipinski definition) is 3. The summed E-state index contributed by atoms with van der Waals surface area (Å²) >= 11 is 0. The highest BCUT2D eigenvalue weighted by molar-refractivity contribution is 6.40. The Kier molecular flexibility index (Phi) is 7.36. The Bertz CT molecular complexity index is 980. The second-order valence-corrected chi connectivity index (χ2v) is 7.99. The Balaban J connectivity index is 2.02. The van der Waals surface area contributed by atoms with Crippen LogP contribution in [0.1, 0.15) is 61.2 Å². The number of rotatable bonds is 9. The van der Waals surface area contributed by atoms with Crippen molar-refractivity contribution in [1.29, 1.82) is 0 Å². The Morgan fingerprint density at radius 2 is 1.94 bits per heavy atom. The van der Waals surface area contributed by atoms with E-state index in [2.05, 4.69) is 4.98 Å². The van der Waals surface area contributed by atoms with Gasteiger partial charge in [-0.15, -0.1) is 0 Å². The van der Waals surface area contributed by atoms with Gasteiger partial charge in [-0.2, -0.15) is 0 Å². The van der Waals surface area contributed by atoms with E-state index in [0.29, 0.717) is 30.7 Å². The zero-order chi connectivity index (χ0) is 22.5. The van der Waals surface area contributed by atoms with E-state index >= 15 is 0 Å². The SMILES string of the molecule is CCCC(=O)CCC1=CC(=Cc2[nH]c(C)cc2C)N(B(F)F)C1c1ccc(OC)cc1. The van der Waals surface area contributed by atoms with Crippen molar-refractivity contribution in [1.82, 2.24) is 9.79 Å². The fraction of sp³-hybridized carbons (Fsp3) is 0.375. The summed E-state index contributed by atoms with van der Waals surface area (Å²) in [5.41, 5.74) is 4.80. The number of halogens is 2. The highest BCUT2D eigenvalue weighted by Crippen LogP contribution is 2.43. The quantitative estimate of drug-likeness (QED) is 0.498. The largest absolute Gasteiger partial charge is 0.674 e. The minimum Gasteiger partial charge on any atom is -0.497 e. The molecule has 0 saturated carbocycles. The van der Waals surface area contributed by atoms with Crippen molar-refractivity contribution in [3.05, 3.63) is 70.2 Å². The highest BCUT2D eigenvalue weighted by atomic mass is 19.2. The molecule has 1 unspecified atom stereocenters. The van der Waals surface area contributed by atoms with Gasteiger partial charge in [0.2, 0.25) is 0 Å². The van der Waals surface area contributed by atoms with Gasteiger partial charge >= 0.3 is 7.40 Å². The first-order valence-electron chi connectivity index (χ1n) is 10.6. The number of methoxy groups -OCH3 is 1. The van der Waals surface area contributed by atoms with Crippen LogP contribution in [0.5, 0.6) is 5.75 Å². The second-order valence-electron chi connectivity index (χ2n) is 7.99. The van der Waals surface area contributed by atoms with Crippen LogP contribution in [0.3, 0.4) is 0 Å². The van der Waals surface area contributed by atoms with Crippen LogP contribution in [-0.2, 0) is 4.79 Å². The number of nitrogens with one attached hydrogen (secondary N) is 1. The van der Waals surface area contributed by atoms with E-state index < -0.39 is 13.4 Å². The van der Waals surface area contributed by atoms with E-state index in [1.165, 1.54) is 0 Å². The number of ether oxygens (including phenoxy) is 1. The van der Waals surface area contributed by atoms with Gasteiger partial charge in [0.15, 0.2) is 0 Å². The number of ketones is 1. The second kappa shape index (κ2) is 9.99. The number of carbonyl (C=O) groups excluding carboxylic acids is 1. The van der Waals surface area contributed by atoms with Gasteiger partial charge in [0.25, 0.3) is 0 Å². The monoisotopic (exact) mass is 426 g/mol. The Morgan fingerprint density at radius 1 is 1.23 bits per heavy atom. The first kappa shape index (κ1) is 22.9. The number of aromatic amines is 1. The average molecular weight is 426 g/mol. The number of nitrogens with zero attached hydrogens (tertiary/aromatic N) is 1. The number of H-pyrrole nitrogens is 1. The number of Topliss-reactive ketones (excluding diaryl/α,β-unsaturated/α-hetero) is 1. The Morgan fingerprint density at radius 3 is 2.48 bits per heavy atom. The van der Waals surface area contributed by atoms with E-state index in [9.17, 15) is 13.4 Å². The smallest absolute Gasteiger partial charge is 0.497 e.